The zero-order chi connectivity index (χ0) is 10.4. The highest BCUT2D eigenvalue weighted by Gasteiger charge is 2.03. The summed E-state index contributed by atoms with van der Waals surface area (Å²) in [6.07, 6.45) is 4.08. The van der Waals surface area contributed by atoms with Crippen LogP contribution in [0.3, 0.4) is 0 Å². The summed E-state index contributed by atoms with van der Waals surface area (Å²) >= 11 is 0. The van der Waals surface area contributed by atoms with Gasteiger partial charge in [-0.05, 0) is 19.9 Å². The van der Waals surface area contributed by atoms with Gasteiger partial charge in [0.2, 0.25) is 0 Å². The number of allylic oxidation sites excluding steroid dienone is 1. The second-order valence-corrected chi connectivity index (χ2v) is 3.20. The highest BCUT2D eigenvalue weighted by molar-refractivity contribution is 5.56. The van der Waals surface area contributed by atoms with E-state index in [1.807, 2.05) is 50.3 Å². The minimum atomic E-state index is 0.0569. The van der Waals surface area contributed by atoms with E-state index in [0.717, 1.165) is 11.3 Å². The van der Waals surface area contributed by atoms with Crippen molar-refractivity contribution in [3.63, 3.8) is 0 Å². The molecule has 1 aromatic rings. The average Bonchev–Trinajstić information content (AvgIpc) is 2.21. The van der Waals surface area contributed by atoms with Crippen LogP contribution in [-0.4, -0.2) is 12.6 Å². The second-order valence-electron chi connectivity index (χ2n) is 3.20. The Morgan fingerprint density at radius 1 is 1.43 bits per heavy atom. The van der Waals surface area contributed by atoms with Crippen molar-refractivity contribution in [2.45, 2.75) is 20.0 Å². The Bertz CT molecular complexity index is 307. The molecule has 0 saturated heterocycles. The van der Waals surface area contributed by atoms with E-state index >= 15 is 0 Å². The highest BCUT2D eigenvalue weighted by atomic mass is 16.5. The van der Waals surface area contributed by atoms with Crippen LogP contribution in [0.5, 0.6) is 5.75 Å². The van der Waals surface area contributed by atoms with E-state index in [1.54, 1.807) is 0 Å². The molecule has 0 aliphatic rings. The van der Waals surface area contributed by atoms with Crippen LogP contribution in [0, 0.1) is 0 Å². The fourth-order valence-electron chi connectivity index (χ4n) is 1.17. The first-order valence-electron chi connectivity index (χ1n) is 4.86. The van der Waals surface area contributed by atoms with Crippen molar-refractivity contribution in [1.29, 1.82) is 0 Å². The van der Waals surface area contributed by atoms with Crippen molar-refractivity contribution in [1.82, 2.24) is 0 Å². The molecule has 0 spiro atoms. The van der Waals surface area contributed by atoms with E-state index in [9.17, 15) is 0 Å². The van der Waals surface area contributed by atoms with Crippen LogP contribution >= 0.6 is 0 Å². The van der Waals surface area contributed by atoms with Crippen molar-refractivity contribution in [3.05, 3.63) is 35.9 Å². The van der Waals surface area contributed by atoms with E-state index in [0.29, 0.717) is 6.54 Å². The summed E-state index contributed by atoms with van der Waals surface area (Å²) in [7, 11) is 0. The molecule has 0 heterocycles. The molecule has 1 rings (SSSR count). The summed E-state index contributed by atoms with van der Waals surface area (Å²) in [5, 5.41) is 0. The predicted molar refractivity (Wildman–Crippen MR) is 60.3 cm³/mol. The van der Waals surface area contributed by atoms with Crippen LogP contribution in [0.25, 0.3) is 6.08 Å². The summed E-state index contributed by atoms with van der Waals surface area (Å²) in [4.78, 5) is 0. The molecule has 1 aromatic carbocycles. The van der Waals surface area contributed by atoms with E-state index in [1.165, 1.54) is 0 Å². The Kier molecular flexibility index (Phi) is 4.20. The predicted octanol–water partition coefficient (Wildman–Crippen LogP) is 2.45. The number of hydrogen-bond acceptors (Lipinski definition) is 2. The Morgan fingerprint density at radius 3 is 2.79 bits per heavy atom. The Balaban J connectivity index is 2.84. The van der Waals surface area contributed by atoms with Crippen molar-refractivity contribution in [2.24, 2.45) is 5.73 Å². The first-order valence-corrected chi connectivity index (χ1v) is 4.86. The fraction of sp³-hybridized carbons (Fsp3) is 0.333. The molecule has 0 aliphatic carbocycles. The van der Waals surface area contributed by atoms with Gasteiger partial charge in [-0.3, -0.25) is 0 Å². The van der Waals surface area contributed by atoms with Gasteiger partial charge in [-0.15, -0.1) is 0 Å². The number of para-hydroxylation sites is 1. The van der Waals surface area contributed by atoms with Crippen LogP contribution < -0.4 is 10.5 Å². The molecule has 14 heavy (non-hydrogen) atoms. The lowest BCUT2D eigenvalue weighted by Crippen LogP contribution is -2.23. The van der Waals surface area contributed by atoms with Crippen molar-refractivity contribution < 1.29 is 4.74 Å². The molecule has 76 valence electrons. The standard InChI is InChI=1S/C12H17NO/c1-3-6-11-7-4-5-8-12(11)14-10(2)9-13/h3-8,10H,9,13H2,1-2H3. The minimum absolute atomic E-state index is 0.0569. The van der Waals surface area contributed by atoms with Crippen LogP contribution in [0.1, 0.15) is 19.4 Å². The Hall–Kier alpha value is -1.28. The summed E-state index contributed by atoms with van der Waals surface area (Å²) < 4.78 is 5.67. The molecule has 1 unspecified atom stereocenters. The van der Waals surface area contributed by atoms with Gasteiger partial charge in [0, 0.05) is 12.1 Å². The van der Waals surface area contributed by atoms with Gasteiger partial charge < -0.3 is 10.5 Å². The van der Waals surface area contributed by atoms with Crippen LogP contribution in [0.2, 0.25) is 0 Å². The van der Waals surface area contributed by atoms with Gasteiger partial charge in [0.05, 0.1) is 0 Å². The van der Waals surface area contributed by atoms with Gasteiger partial charge in [0.15, 0.2) is 0 Å². The lowest BCUT2D eigenvalue weighted by molar-refractivity contribution is 0.229. The molecule has 0 amide bonds. The zero-order valence-electron chi connectivity index (χ0n) is 8.73. The summed E-state index contributed by atoms with van der Waals surface area (Å²) in [5.41, 5.74) is 6.59. The Morgan fingerprint density at radius 2 is 2.14 bits per heavy atom. The molecular weight excluding hydrogens is 174 g/mol. The number of ether oxygens (including phenoxy) is 1. The molecule has 2 heteroatoms. The summed E-state index contributed by atoms with van der Waals surface area (Å²) in [6.45, 7) is 4.49. The third-order valence-corrected chi connectivity index (χ3v) is 1.93. The van der Waals surface area contributed by atoms with Gasteiger partial charge >= 0.3 is 0 Å². The van der Waals surface area contributed by atoms with E-state index in [-0.39, 0.29) is 6.10 Å². The fourth-order valence-corrected chi connectivity index (χ4v) is 1.17. The smallest absolute Gasteiger partial charge is 0.126 e. The van der Waals surface area contributed by atoms with Crippen molar-refractivity contribution >= 4 is 6.08 Å². The van der Waals surface area contributed by atoms with Gasteiger partial charge in [-0.25, -0.2) is 0 Å². The topological polar surface area (TPSA) is 35.2 Å². The summed E-state index contributed by atoms with van der Waals surface area (Å²) in [6, 6.07) is 7.95. The van der Waals surface area contributed by atoms with Gasteiger partial charge in [0.1, 0.15) is 11.9 Å². The second kappa shape index (κ2) is 5.45. The first kappa shape index (κ1) is 10.8. The molecule has 2 nitrogen and oxygen atoms in total. The zero-order valence-corrected chi connectivity index (χ0v) is 8.73. The quantitative estimate of drug-likeness (QED) is 0.793. The molecule has 2 N–H and O–H groups in total. The maximum absolute atomic E-state index is 5.67. The molecule has 0 aliphatic heterocycles. The van der Waals surface area contributed by atoms with Gasteiger partial charge in [-0.2, -0.15) is 0 Å². The largest absolute Gasteiger partial charge is 0.489 e. The molecule has 0 aromatic heterocycles. The SMILES string of the molecule is CC=Cc1ccccc1OC(C)CN. The molecular formula is C12H17NO. The third-order valence-electron chi connectivity index (χ3n) is 1.93. The molecule has 0 radical (unpaired) electrons. The minimum Gasteiger partial charge on any atom is -0.489 e. The molecule has 0 fully saturated rings. The number of nitrogens with two attached hydrogens (primary N) is 1. The average molecular weight is 191 g/mol. The number of benzene rings is 1. The normalized spacial score (nSPS) is 13.1. The van der Waals surface area contributed by atoms with Crippen molar-refractivity contribution in [3.8, 4) is 5.75 Å². The number of rotatable bonds is 4. The molecule has 0 saturated carbocycles. The maximum Gasteiger partial charge on any atom is 0.126 e. The third kappa shape index (κ3) is 2.89. The monoisotopic (exact) mass is 191 g/mol. The van der Waals surface area contributed by atoms with Crippen LogP contribution in [0.15, 0.2) is 30.3 Å². The maximum atomic E-state index is 5.67. The van der Waals surface area contributed by atoms with E-state index in [2.05, 4.69) is 0 Å². The highest BCUT2D eigenvalue weighted by Crippen LogP contribution is 2.20. The van der Waals surface area contributed by atoms with Crippen molar-refractivity contribution in [2.75, 3.05) is 6.54 Å². The number of hydrogen-bond donors (Lipinski definition) is 1. The lowest BCUT2D eigenvalue weighted by atomic mass is 10.2. The van der Waals surface area contributed by atoms with E-state index < -0.39 is 0 Å². The Labute approximate surface area is 85.4 Å². The lowest BCUT2D eigenvalue weighted by Gasteiger charge is -2.14. The van der Waals surface area contributed by atoms with Gasteiger partial charge in [-0.1, -0.05) is 30.4 Å². The molecule has 1 atom stereocenters. The first-order chi connectivity index (χ1) is 6.77. The van der Waals surface area contributed by atoms with Gasteiger partial charge in [0.25, 0.3) is 0 Å². The summed E-state index contributed by atoms with van der Waals surface area (Å²) in [5.74, 6) is 0.892. The van der Waals surface area contributed by atoms with Crippen LogP contribution in [-0.2, 0) is 0 Å². The van der Waals surface area contributed by atoms with E-state index in [4.69, 9.17) is 10.5 Å². The van der Waals surface area contributed by atoms with Crippen LogP contribution in [0.4, 0.5) is 0 Å². The molecule has 0 bridgehead atoms.